The van der Waals surface area contributed by atoms with Gasteiger partial charge in [0.05, 0.1) is 31.9 Å². The number of rotatable bonds is 3. The van der Waals surface area contributed by atoms with Gasteiger partial charge in [0.2, 0.25) is 0 Å². The van der Waals surface area contributed by atoms with Crippen LogP contribution in [0.1, 0.15) is 17.2 Å². The van der Waals surface area contributed by atoms with Crippen LogP contribution < -0.4 is 14.4 Å². The minimum atomic E-state index is -1.01. The Balaban J connectivity index is 1.55. The molecule has 2 aliphatic heterocycles. The van der Waals surface area contributed by atoms with Crippen molar-refractivity contribution in [2.24, 2.45) is 0 Å². The fourth-order valence-corrected chi connectivity index (χ4v) is 5.94. The second-order valence-corrected chi connectivity index (χ2v) is 10.6. The molecule has 6 rings (SSSR count). The molecule has 2 aliphatic rings. The number of aromatic nitrogens is 1. The number of ether oxygens (including phenoxy) is 2. The Hall–Kier alpha value is -3.30. The van der Waals surface area contributed by atoms with Crippen LogP contribution in [0.3, 0.4) is 0 Å². The van der Waals surface area contributed by atoms with Gasteiger partial charge >= 0.3 is 5.91 Å². The van der Waals surface area contributed by atoms with Gasteiger partial charge in [0.1, 0.15) is 19.0 Å². The maximum absolute atomic E-state index is 13.4. The Morgan fingerprint density at radius 3 is 2.51 bits per heavy atom. The third-order valence-electron chi connectivity index (χ3n) is 6.06. The van der Waals surface area contributed by atoms with Gasteiger partial charge in [0.25, 0.3) is 5.78 Å². The molecule has 186 valence electrons. The molecule has 0 aliphatic carbocycles. The lowest BCUT2D eigenvalue weighted by molar-refractivity contribution is -0.132. The summed E-state index contributed by atoms with van der Waals surface area (Å²) in [6, 6.07) is 13.7. The van der Waals surface area contributed by atoms with Gasteiger partial charge in [0, 0.05) is 10.6 Å². The number of carbonyl (C=O) groups excluding carboxylic acids is 2. The number of aliphatic hydroxyl groups is 1. The zero-order valence-corrected chi connectivity index (χ0v) is 21.8. The molecule has 1 saturated heterocycles. The van der Waals surface area contributed by atoms with Crippen LogP contribution in [0.25, 0.3) is 16.0 Å². The SMILES string of the molecule is O=C1C(=O)N(c2nc3ccc(Cl)cc3s2)[C@@H](c2ccc(Cl)c(Cl)c2)C1=C(O)c1ccc2c(c1)OCCO2. The zero-order valence-electron chi connectivity index (χ0n) is 18.7. The fourth-order valence-electron chi connectivity index (χ4n) is 4.36. The van der Waals surface area contributed by atoms with Crippen molar-refractivity contribution in [3.8, 4) is 11.5 Å². The lowest BCUT2D eigenvalue weighted by Gasteiger charge is -2.23. The molecule has 0 spiro atoms. The number of carbonyl (C=O) groups is 2. The molecule has 7 nitrogen and oxygen atoms in total. The number of fused-ring (bicyclic) bond motifs is 2. The maximum atomic E-state index is 13.4. The van der Waals surface area contributed by atoms with E-state index in [9.17, 15) is 14.7 Å². The number of amides is 1. The van der Waals surface area contributed by atoms with Crippen LogP contribution in [-0.4, -0.2) is 35.0 Å². The second-order valence-electron chi connectivity index (χ2n) is 8.31. The predicted molar refractivity (Wildman–Crippen MR) is 143 cm³/mol. The van der Waals surface area contributed by atoms with E-state index >= 15 is 0 Å². The molecule has 0 saturated carbocycles. The largest absolute Gasteiger partial charge is 0.507 e. The molecule has 1 aromatic heterocycles. The van der Waals surface area contributed by atoms with Crippen molar-refractivity contribution in [1.29, 1.82) is 0 Å². The van der Waals surface area contributed by atoms with Gasteiger partial charge in [-0.05, 0) is 54.1 Å². The Bertz CT molecular complexity index is 1650. The summed E-state index contributed by atoms with van der Waals surface area (Å²) >= 11 is 19.8. The summed E-state index contributed by atoms with van der Waals surface area (Å²) in [5, 5.41) is 12.7. The lowest BCUT2D eigenvalue weighted by Crippen LogP contribution is -2.29. The summed E-state index contributed by atoms with van der Waals surface area (Å²) in [6.45, 7) is 0.765. The van der Waals surface area contributed by atoms with Crippen LogP contribution >= 0.6 is 46.1 Å². The van der Waals surface area contributed by atoms with Crippen molar-refractivity contribution in [3.63, 3.8) is 0 Å². The Kier molecular flexibility index (Phi) is 6.00. The van der Waals surface area contributed by atoms with E-state index in [2.05, 4.69) is 4.98 Å². The minimum Gasteiger partial charge on any atom is -0.507 e. The van der Waals surface area contributed by atoms with Crippen molar-refractivity contribution in [2.45, 2.75) is 6.04 Å². The molecule has 0 bridgehead atoms. The number of halogens is 3. The predicted octanol–water partition coefficient (Wildman–Crippen LogP) is 6.65. The summed E-state index contributed by atoms with van der Waals surface area (Å²) in [4.78, 5) is 32.7. The number of ketones is 1. The number of hydrogen-bond donors (Lipinski definition) is 1. The first-order valence-corrected chi connectivity index (χ1v) is 13.0. The molecule has 1 amide bonds. The number of thiazole rings is 1. The molecule has 11 heteroatoms. The van der Waals surface area contributed by atoms with Crippen molar-refractivity contribution in [2.75, 3.05) is 18.1 Å². The number of nitrogens with zero attached hydrogens (tertiary/aromatic N) is 2. The van der Waals surface area contributed by atoms with Crippen LogP contribution in [-0.2, 0) is 9.59 Å². The molecular formula is C26H15Cl3N2O5S. The van der Waals surface area contributed by atoms with Gasteiger partial charge in [-0.2, -0.15) is 0 Å². The molecule has 3 aromatic carbocycles. The average Bonchev–Trinajstić information content (AvgIpc) is 3.42. The fraction of sp³-hybridized carbons (Fsp3) is 0.115. The molecule has 0 unspecified atom stereocenters. The van der Waals surface area contributed by atoms with Gasteiger partial charge in [-0.15, -0.1) is 0 Å². The quantitative estimate of drug-likeness (QED) is 0.168. The van der Waals surface area contributed by atoms with Crippen molar-refractivity contribution in [3.05, 3.63) is 86.4 Å². The van der Waals surface area contributed by atoms with E-state index in [1.165, 1.54) is 16.2 Å². The summed E-state index contributed by atoms with van der Waals surface area (Å²) in [7, 11) is 0. The molecule has 0 radical (unpaired) electrons. The highest BCUT2D eigenvalue weighted by atomic mass is 35.5. The van der Waals surface area contributed by atoms with Crippen molar-refractivity contribution < 1.29 is 24.2 Å². The number of anilines is 1. The smallest absolute Gasteiger partial charge is 0.301 e. The molecule has 1 fully saturated rings. The highest BCUT2D eigenvalue weighted by Crippen LogP contribution is 2.46. The van der Waals surface area contributed by atoms with Gasteiger partial charge in [0.15, 0.2) is 16.6 Å². The van der Waals surface area contributed by atoms with Gasteiger partial charge in [-0.3, -0.25) is 14.5 Å². The first kappa shape index (κ1) is 24.1. The van der Waals surface area contributed by atoms with E-state index in [0.29, 0.717) is 51.4 Å². The summed E-state index contributed by atoms with van der Waals surface area (Å²) in [5.74, 6) is -1.10. The van der Waals surface area contributed by atoms with Crippen LogP contribution in [0, 0.1) is 0 Å². The maximum Gasteiger partial charge on any atom is 0.301 e. The Morgan fingerprint density at radius 2 is 1.73 bits per heavy atom. The minimum absolute atomic E-state index is 0.114. The second kappa shape index (κ2) is 9.22. The third kappa shape index (κ3) is 4.10. The molecule has 4 aromatic rings. The average molecular weight is 574 g/mol. The van der Waals surface area contributed by atoms with Crippen LogP contribution in [0.15, 0.2) is 60.2 Å². The number of Topliss-reactive ketones (excluding diaryl/α,β-unsaturated/α-hetero) is 1. The van der Waals surface area contributed by atoms with Crippen molar-refractivity contribution >= 4 is 78.9 Å². The monoisotopic (exact) mass is 572 g/mol. The standard InChI is InChI=1S/C26H15Cl3N2O5S/c27-14-3-5-17-20(11-14)37-26(30-17)31-22(12-1-4-15(28)16(29)9-12)21(24(33)25(31)34)23(32)13-2-6-18-19(10-13)36-8-7-35-18/h1-6,9-11,22,32H,7-8H2/t22-/m0/s1. The lowest BCUT2D eigenvalue weighted by atomic mass is 9.95. The summed E-state index contributed by atoms with van der Waals surface area (Å²) in [6.07, 6.45) is 0. The first-order valence-electron chi connectivity index (χ1n) is 11.0. The summed E-state index contributed by atoms with van der Waals surface area (Å²) < 4.78 is 11.9. The normalized spacial score (nSPS) is 18.6. The molecular weight excluding hydrogens is 559 g/mol. The van der Waals surface area contributed by atoms with E-state index in [4.69, 9.17) is 44.3 Å². The molecule has 1 N–H and O–H groups in total. The highest BCUT2D eigenvalue weighted by molar-refractivity contribution is 7.22. The number of benzene rings is 3. The van der Waals surface area contributed by atoms with E-state index in [0.717, 1.165) is 4.70 Å². The molecule has 3 heterocycles. The van der Waals surface area contributed by atoms with E-state index < -0.39 is 17.7 Å². The number of hydrogen-bond acceptors (Lipinski definition) is 7. The zero-order chi connectivity index (χ0) is 25.8. The van der Waals surface area contributed by atoms with E-state index in [-0.39, 0.29) is 21.5 Å². The van der Waals surface area contributed by atoms with Crippen LogP contribution in [0.2, 0.25) is 15.1 Å². The van der Waals surface area contributed by atoms with Crippen molar-refractivity contribution in [1.82, 2.24) is 4.98 Å². The number of aliphatic hydroxyl groups excluding tert-OH is 1. The van der Waals surface area contributed by atoms with E-state index in [1.807, 2.05) is 0 Å². The van der Waals surface area contributed by atoms with Gasteiger partial charge in [-0.25, -0.2) is 4.98 Å². The Labute approximate surface area is 229 Å². The molecule has 37 heavy (non-hydrogen) atoms. The van der Waals surface area contributed by atoms with E-state index in [1.54, 1.807) is 54.6 Å². The van der Waals surface area contributed by atoms with Crippen LogP contribution in [0.5, 0.6) is 11.5 Å². The van der Waals surface area contributed by atoms with Gasteiger partial charge in [-0.1, -0.05) is 52.2 Å². The third-order valence-corrected chi connectivity index (χ3v) is 8.06. The van der Waals surface area contributed by atoms with Gasteiger partial charge < -0.3 is 14.6 Å². The summed E-state index contributed by atoms with van der Waals surface area (Å²) in [5.41, 5.74) is 1.27. The topological polar surface area (TPSA) is 89.0 Å². The molecule has 1 atom stereocenters. The first-order chi connectivity index (χ1) is 17.8. The Morgan fingerprint density at radius 1 is 0.946 bits per heavy atom. The van der Waals surface area contributed by atoms with Crippen LogP contribution in [0.4, 0.5) is 5.13 Å². The highest BCUT2D eigenvalue weighted by Gasteiger charge is 2.48.